The Morgan fingerprint density at radius 1 is 1.27 bits per heavy atom. The summed E-state index contributed by atoms with van der Waals surface area (Å²) in [6.07, 6.45) is 6.59. The van der Waals surface area contributed by atoms with E-state index in [1.165, 1.54) is 37.5 Å². The van der Waals surface area contributed by atoms with Crippen molar-refractivity contribution in [3.63, 3.8) is 0 Å². The zero-order valence-electron chi connectivity index (χ0n) is 12.8. The SMILES string of the molecule is O=[N+]([O-])c1ccc(O)c(CNCC2(CCO)CCCCC2)c1. The lowest BCUT2D eigenvalue weighted by Crippen LogP contribution is -2.36. The van der Waals surface area contributed by atoms with Gasteiger partial charge in [-0.15, -0.1) is 0 Å². The Morgan fingerprint density at radius 2 is 2.00 bits per heavy atom. The van der Waals surface area contributed by atoms with E-state index in [4.69, 9.17) is 0 Å². The molecule has 0 saturated heterocycles. The molecule has 1 aliphatic rings. The van der Waals surface area contributed by atoms with Gasteiger partial charge in [-0.05, 0) is 30.7 Å². The number of nitro benzene ring substituents is 1. The van der Waals surface area contributed by atoms with Crippen molar-refractivity contribution >= 4 is 5.69 Å². The van der Waals surface area contributed by atoms with Gasteiger partial charge in [0.15, 0.2) is 0 Å². The molecule has 122 valence electrons. The van der Waals surface area contributed by atoms with Crippen LogP contribution in [-0.4, -0.2) is 28.3 Å². The van der Waals surface area contributed by atoms with Crippen molar-refractivity contribution in [3.8, 4) is 5.75 Å². The first kappa shape index (κ1) is 16.7. The lowest BCUT2D eigenvalue weighted by Gasteiger charge is -2.37. The number of nitrogens with one attached hydrogen (secondary N) is 1. The van der Waals surface area contributed by atoms with Crippen LogP contribution in [0.4, 0.5) is 5.69 Å². The standard InChI is InChI=1S/C16H24N2O4/c19-9-8-16(6-2-1-3-7-16)12-17-11-13-10-14(18(21)22)4-5-15(13)20/h4-5,10,17,19-20H,1-3,6-9,11-12H2. The van der Waals surface area contributed by atoms with Crippen LogP contribution >= 0.6 is 0 Å². The smallest absolute Gasteiger partial charge is 0.270 e. The second-order valence-corrected chi connectivity index (χ2v) is 6.21. The first-order chi connectivity index (χ1) is 10.6. The quantitative estimate of drug-likeness (QED) is 0.531. The molecule has 0 unspecified atom stereocenters. The Kier molecular flexibility index (Phi) is 5.74. The van der Waals surface area contributed by atoms with E-state index in [-0.39, 0.29) is 23.5 Å². The summed E-state index contributed by atoms with van der Waals surface area (Å²) in [7, 11) is 0. The third-order valence-corrected chi connectivity index (χ3v) is 4.65. The van der Waals surface area contributed by atoms with Gasteiger partial charge in [-0.1, -0.05) is 19.3 Å². The number of phenolic OH excluding ortho intramolecular Hbond substituents is 1. The van der Waals surface area contributed by atoms with Gasteiger partial charge in [0.25, 0.3) is 5.69 Å². The fourth-order valence-corrected chi connectivity index (χ4v) is 3.34. The lowest BCUT2D eigenvalue weighted by atomic mass is 9.72. The molecule has 1 saturated carbocycles. The number of phenols is 1. The van der Waals surface area contributed by atoms with Gasteiger partial charge in [-0.2, -0.15) is 0 Å². The third kappa shape index (κ3) is 4.18. The van der Waals surface area contributed by atoms with Crippen molar-refractivity contribution in [2.24, 2.45) is 5.41 Å². The van der Waals surface area contributed by atoms with Crippen LogP contribution in [-0.2, 0) is 6.54 Å². The summed E-state index contributed by atoms with van der Waals surface area (Å²) in [6.45, 7) is 1.33. The van der Waals surface area contributed by atoms with E-state index in [9.17, 15) is 20.3 Å². The maximum Gasteiger partial charge on any atom is 0.270 e. The molecule has 0 aliphatic heterocycles. The second kappa shape index (κ2) is 7.56. The number of aromatic hydroxyl groups is 1. The van der Waals surface area contributed by atoms with Crippen molar-refractivity contribution in [2.75, 3.05) is 13.2 Å². The topological polar surface area (TPSA) is 95.6 Å². The zero-order valence-corrected chi connectivity index (χ0v) is 12.8. The molecule has 22 heavy (non-hydrogen) atoms. The van der Waals surface area contributed by atoms with E-state index in [1.54, 1.807) is 0 Å². The van der Waals surface area contributed by atoms with E-state index < -0.39 is 4.92 Å². The average Bonchev–Trinajstić information content (AvgIpc) is 2.50. The number of hydrogen-bond acceptors (Lipinski definition) is 5. The van der Waals surface area contributed by atoms with Crippen molar-refractivity contribution in [3.05, 3.63) is 33.9 Å². The number of aliphatic hydroxyl groups is 1. The van der Waals surface area contributed by atoms with Crippen LogP contribution in [0.1, 0.15) is 44.1 Å². The Bertz CT molecular complexity index is 507. The normalized spacial score (nSPS) is 17.3. The summed E-state index contributed by atoms with van der Waals surface area (Å²) in [4.78, 5) is 10.3. The molecule has 0 aromatic heterocycles. The summed E-state index contributed by atoms with van der Waals surface area (Å²) < 4.78 is 0. The molecule has 0 amide bonds. The van der Waals surface area contributed by atoms with Crippen LogP contribution < -0.4 is 5.32 Å². The summed E-state index contributed by atoms with van der Waals surface area (Å²) >= 11 is 0. The predicted molar refractivity (Wildman–Crippen MR) is 83.7 cm³/mol. The molecule has 1 aliphatic carbocycles. The van der Waals surface area contributed by atoms with Crippen LogP contribution in [0.15, 0.2) is 18.2 Å². The highest BCUT2D eigenvalue weighted by molar-refractivity contribution is 5.42. The minimum Gasteiger partial charge on any atom is -0.508 e. The molecule has 0 bridgehead atoms. The predicted octanol–water partition coefficient (Wildman–Crippen LogP) is 2.72. The number of non-ortho nitro benzene ring substituents is 1. The lowest BCUT2D eigenvalue weighted by molar-refractivity contribution is -0.384. The molecule has 6 heteroatoms. The van der Waals surface area contributed by atoms with E-state index >= 15 is 0 Å². The molecule has 1 fully saturated rings. The highest BCUT2D eigenvalue weighted by Gasteiger charge is 2.31. The van der Waals surface area contributed by atoms with Gasteiger partial charge >= 0.3 is 0 Å². The van der Waals surface area contributed by atoms with E-state index in [0.29, 0.717) is 12.1 Å². The molecule has 0 radical (unpaired) electrons. The van der Waals surface area contributed by atoms with Gasteiger partial charge in [0, 0.05) is 37.4 Å². The van der Waals surface area contributed by atoms with Gasteiger partial charge < -0.3 is 15.5 Å². The van der Waals surface area contributed by atoms with Crippen molar-refractivity contribution < 1.29 is 15.1 Å². The molecule has 0 spiro atoms. The number of aliphatic hydroxyl groups excluding tert-OH is 1. The molecule has 0 heterocycles. The Labute approximate surface area is 130 Å². The van der Waals surface area contributed by atoms with Gasteiger partial charge in [-0.25, -0.2) is 0 Å². The minimum atomic E-state index is -0.461. The molecule has 2 rings (SSSR count). The number of nitrogens with zero attached hydrogens (tertiary/aromatic N) is 1. The van der Waals surface area contributed by atoms with Gasteiger partial charge in [0.1, 0.15) is 5.75 Å². The first-order valence-electron chi connectivity index (χ1n) is 7.84. The number of rotatable bonds is 7. The fourth-order valence-electron chi connectivity index (χ4n) is 3.34. The maximum atomic E-state index is 10.8. The van der Waals surface area contributed by atoms with Crippen molar-refractivity contribution in [2.45, 2.75) is 45.1 Å². The van der Waals surface area contributed by atoms with Crippen LogP contribution in [0.3, 0.4) is 0 Å². The average molecular weight is 308 g/mol. The largest absolute Gasteiger partial charge is 0.508 e. The molecule has 1 aromatic rings. The van der Waals surface area contributed by atoms with Crippen LogP contribution in [0.5, 0.6) is 5.75 Å². The van der Waals surface area contributed by atoms with Crippen molar-refractivity contribution in [1.29, 1.82) is 0 Å². The number of hydrogen-bond donors (Lipinski definition) is 3. The van der Waals surface area contributed by atoms with Crippen LogP contribution in [0.25, 0.3) is 0 Å². The maximum absolute atomic E-state index is 10.8. The van der Waals surface area contributed by atoms with Gasteiger partial charge in [0.2, 0.25) is 0 Å². The first-order valence-corrected chi connectivity index (χ1v) is 7.84. The van der Waals surface area contributed by atoms with E-state index in [1.807, 2.05) is 0 Å². The summed E-state index contributed by atoms with van der Waals surface area (Å²) in [6, 6.07) is 4.06. The minimum absolute atomic E-state index is 0.0164. The van der Waals surface area contributed by atoms with Crippen LogP contribution in [0.2, 0.25) is 0 Å². The molecule has 1 aromatic carbocycles. The molecule has 0 atom stereocenters. The Balaban J connectivity index is 1.97. The zero-order chi connectivity index (χ0) is 16.0. The molecule has 3 N–H and O–H groups in total. The summed E-state index contributed by atoms with van der Waals surface area (Å²) in [5, 5.41) is 33.2. The fraction of sp³-hybridized carbons (Fsp3) is 0.625. The summed E-state index contributed by atoms with van der Waals surface area (Å²) in [5.74, 6) is 0.0675. The van der Waals surface area contributed by atoms with E-state index in [0.717, 1.165) is 25.8 Å². The Morgan fingerprint density at radius 3 is 2.64 bits per heavy atom. The molecule has 6 nitrogen and oxygen atoms in total. The Hall–Kier alpha value is -1.66. The second-order valence-electron chi connectivity index (χ2n) is 6.21. The van der Waals surface area contributed by atoms with Gasteiger partial charge in [-0.3, -0.25) is 10.1 Å². The monoisotopic (exact) mass is 308 g/mol. The summed E-state index contributed by atoms with van der Waals surface area (Å²) in [5.41, 5.74) is 0.630. The highest BCUT2D eigenvalue weighted by atomic mass is 16.6. The van der Waals surface area contributed by atoms with Crippen molar-refractivity contribution in [1.82, 2.24) is 5.32 Å². The third-order valence-electron chi connectivity index (χ3n) is 4.65. The van der Waals surface area contributed by atoms with Crippen LogP contribution in [0, 0.1) is 15.5 Å². The van der Waals surface area contributed by atoms with E-state index in [2.05, 4.69) is 5.32 Å². The number of nitro groups is 1. The molecular formula is C16H24N2O4. The number of benzene rings is 1. The molecular weight excluding hydrogens is 284 g/mol. The van der Waals surface area contributed by atoms with Gasteiger partial charge in [0.05, 0.1) is 4.92 Å². The highest BCUT2D eigenvalue weighted by Crippen LogP contribution is 2.38.